The van der Waals surface area contributed by atoms with E-state index in [0.717, 1.165) is 0 Å². The van der Waals surface area contributed by atoms with Crippen LogP contribution < -0.4 is 0 Å². The molecule has 22 aliphatic rings. The van der Waals surface area contributed by atoms with Crippen molar-refractivity contribution >= 4 is 0 Å². The number of rotatable bonds is 6. The maximum absolute atomic E-state index is 11.3. The molecule has 0 aromatic carbocycles. The second kappa shape index (κ2) is 22.1. The second-order valence-electron chi connectivity index (χ2n) is 17.1. The van der Waals surface area contributed by atoms with Crippen LogP contribution in [0.5, 0.6) is 0 Å². The Balaban J connectivity index is 1.19. The molecule has 66 heavy (non-hydrogen) atoms. The van der Waals surface area contributed by atoms with Crippen molar-refractivity contribution < 1.29 is 144 Å². The highest BCUT2D eigenvalue weighted by atomic mass is 16.8. The van der Waals surface area contributed by atoms with Crippen molar-refractivity contribution in [2.24, 2.45) is 0 Å². The Morgan fingerprint density at radius 2 is 0.379 bits per heavy atom. The minimum Gasteiger partial charge on any atom is -0.394 e. The van der Waals surface area contributed by atoms with Gasteiger partial charge < -0.3 is 144 Å². The molecule has 22 heterocycles. The number of hydrogen-bond acceptors (Lipinski definition) is 29. The predicted molar refractivity (Wildman–Crippen MR) is 199 cm³/mol. The van der Waals surface area contributed by atoms with Gasteiger partial charge in [0.25, 0.3) is 0 Å². The zero-order valence-corrected chi connectivity index (χ0v) is 35.1. The molecule has 0 aromatic heterocycles. The predicted octanol–water partition coefficient (Wildman–Crippen LogP) is -11.6. The lowest BCUT2D eigenvalue weighted by Gasteiger charge is -2.50. The molecular formula is C37H62O29. The van der Waals surface area contributed by atoms with Crippen molar-refractivity contribution in [3.8, 4) is 0 Å². The van der Waals surface area contributed by atoms with Gasteiger partial charge in [-0.25, -0.2) is 0 Å². The first kappa shape index (κ1) is 52.7. The Kier molecular flexibility index (Phi) is 17.6. The van der Waals surface area contributed by atoms with Crippen molar-refractivity contribution in [3.63, 3.8) is 0 Å². The van der Waals surface area contributed by atoms with E-state index in [2.05, 4.69) is 0 Å². The van der Waals surface area contributed by atoms with Crippen molar-refractivity contribution in [1.29, 1.82) is 0 Å². The van der Waals surface area contributed by atoms with Gasteiger partial charge in [-0.2, -0.15) is 0 Å². The summed E-state index contributed by atoms with van der Waals surface area (Å²) >= 11 is 0. The van der Waals surface area contributed by atoms with Crippen LogP contribution >= 0.6 is 0 Å². The maximum Gasteiger partial charge on any atom is 0.187 e. The molecule has 0 aromatic rings. The van der Waals surface area contributed by atoms with Gasteiger partial charge in [-0.05, 0) is 6.42 Å². The maximum atomic E-state index is 11.3. The van der Waals surface area contributed by atoms with Gasteiger partial charge in [0.1, 0.15) is 140 Å². The first-order valence-electron chi connectivity index (χ1n) is 21.5. The number of aliphatic hydroxyl groups is 17. The average molecular weight is 971 g/mol. The zero-order valence-electron chi connectivity index (χ0n) is 35.1. The second-order valence-corrected chi connectivity index (χ2v) is 17.1. The number of aliphatic hydroxyl groups excluding tert-OH is 17. The van der Waals surface area contributed by atoms with Crippen molar-refractivity contribution in [3.05, 3.63) is 0 Å². The highest BCUT2D eigenvalue weighted by molar-refractivity contribution is 5.01. The molecule has 22 rings (SSSR count). The van der Waals surface area contributed by atoms with Gasteiger partial charge in [-0.15, -0.1) is 0 Å². The third-order valence-electron chi connectivity index (χ3n) is 12.9. The molecule has 384 valence electrons. The lowest BCUT2D eigenvalue weighted by atomic mass is 9.94. The summed E-state index contributed by atoms with van der Waals surface area (Å²) in [6.45, 7) is -3.28. The highest BCUT2D eigenvalue weighted by Crippen LogP contribution is 2.38. The van der Waals surface area contributed by atoms with E-state index in [4.69, 9.17) is 56.8 Å². The number of hydrogen-bond donors (Lipinski definition) is 17. The van der Waals surface area contributed by atoms with E-state index in [9.17, 15) is 86.8 Å². The lowest BCUT2D eigenvalue weighted by Crippen LogP contribution is -2.69. The van der Waals surface area contributed by atoms with Gasteiger partial charge in [0.05, 0.1) is 39.1 Å². The fourth-order valence-corrected chi connectivity index (χ4v) is 9.11. The first-order valence-corrected chi connectivity index (χ1v) is 21.5. The topological polar surface area (TPSA) is 455 Å². The third kappa shape index (κ3) is 10.0. The quantitative estimate of drug-likeness (QED) is 0.117. The average Bonchev–Trinajstić information content (AvgIpc) is 3.31. The van der Waals surface area contributed by atoms with Crippen LogP contribution in [0.25, 0.3) is 0 Å². The van der Waals surface area contributed by atoms with Gasteiger partial charge in [-0.1, -0.05) is 6.92 Å². The van der Waals surface area contributed by atoms with E-state index < -0.39 is 217 Å². The zero-order chi connectivity index (χ0) is 48.0. The molecule has 0 spiro atoms. The van der Waals surface area contributed by atoms with Crippen LogP contribution in [0, 0.1) is 0 Å². The van der Waals surface area contributed by atoms with Crippen molar-refractivity contribution in [1.82, 2.24) is 0 Å². The molecule has 22 aliphatic heterocycles. The van der Waals surface area contributed by atoms with E-state index in [-0.39, 0.29) is 6.42 Å². The van der Waals surface area contributed by atoms with Gasteiger partial charge in [-0.3, -0.25) is 0 Å². The molecule has 22 fully saturated rings. The van der Waals surface area contributed by atoms with Gasteiger partial charge >= 0.3 is 0 Å². The largest absolute Gasteiger partial charge is 0.394 e. The minimum absolute atomic E-state index is 0.00113. The summed E-state index contributed by atoms with van der Waals surface area (Å²) in [5.41, 5.74) is 0. The van der Waals surface area contributed by atoms with E-state index in [1.165, 1.54) is 0 Å². The van der Waals surface area contributed by atoms with E-state index in [1.807, 2.05) is 0 Å². The van der Waals surface area contributed by atoms with E-state index >= 15 is 0 Å². The third-order valence-corrected chi connectivity index (χ3v) is 12.9. The van der Waals surface area contributed by atoms with Crippen LogP contribution in [-0.4, -0.2) is 304 Å². The Morgan fingerprint density at radius 1 is 0.227 bits per heavy atom. The standard InChI is InChI=1S/C37H62O29/c1-2-8-26-14(43)20(49)32(55-8)62-27-9(3-38)57-34(22(51)16(27)45)64-29-11(5-40)59-36(24(53)18(29)47)66-31-13(7-42)60-37(25(54)19(31)48)65-30-12(6-41)58-35(23(52)17(30)46)63-28-10(4-39)56-33(61-26)21(50)15(28)44/h8-54H,2-7H2,1H3. The van der Waals surface area contributed by atoms with Gasteiger partial charge in [0.15, 0.2) is 37.7 Å². The Bertz CT molecular complexity index is 1230. The summed E-state index contributed by atoms with van der Waals surface area (Å²) in [6.07, 6.45) is -56.4. The van der Waals surface area contributed by atoms with Crippen LogP contribution in [0.15, 0.2) is 0 Å². The summed E-state index contributed by atoms with van der Waals surface area (Å²) in [7, 11) is 0. The SMILES string of the molecule is CCC1OC2OC3C(CO)OC(OC4C(CO)OC(OC5C(CO)OC(OC6C(CO)OC(OC7C(CO)OC(OC1C(O)C2O)C(O)C7O)C(O)C6O)C(O)C5O)C(O)C4O)C(O)C3O. The Morgan fingerprint density at radius 3 is 0.530 bits per heavy atom. The molecule has 30 unspecified atom stereocenters. The lowest BCUT2D eigenvalue weighted by molar-refractivity contribution is -0.403. The summed E-state index contributed by atoms with van der Waals surface area (Å²) in [5.74, 6) is 0. The molecule has 17 N–H and O–H groups in total. The normalized spacial score (nSPS) is 55.4. The summed E-state index contributed by atoms with van der Waals surface area (Å²) in [6, 6.07) is 0. The molecule has 29 nitrogen and oxygen atoms in total. The Labute approximate surface area is 374 Å². The molecule has 30 atom stereocenters. The fraction of sp³-hybridized carbons (Fsp3) is 1.00. The molecule has 0 amide bonds. The monoisotopic (exact) mass is 970 g/mol. The van der Waals surface area contributed by atoms with Crippen LogP contribution in [0.3, 0.4) is 0 Å². The molecule has 0 radical (unpaired) electrons. The van der Waals surface area contributed by atoms with Gasteiger partial charge in [0, 0.05) is 0 Å². The molecule has 0 saturated carbocycles. The molecule has 29 heteroatoms. The first-order chi connectivity index (χ1) is 31.4. The highest BCUT2D eigenvalue weighted by Gasteiger charge is 2.58. The summed E-state index contributed by atoms with van der Waals surface area (Å²) < 4.78 is 68.7. The van der Waals surface area contributed by atoms with Crippen LogP contribution in [0.1, 0.15) is 13.3 Å². The van der Waals surface area contributed by atoms with E-state index in [0.29, 0.717) is 0 Å². The van der Waals surface area contributed by atoms with Crippen LogP contribution in [0.2, 0.25) is 0 Å². The molecule has 0 aliphatic carbocycles. The van der Waals surface area contributed by atoms with Crippen LogP contribution in [-0.2, 0) is 56.8 Å². The minimum atomic E-state index is -2.13. The Hall–Kier alpha value is -1.16. The van der Waals surface area contributed by atoms with Gasteiger partial charge in [0.2, 0.25) is 0 Å². The molecule has 12 bridgehead atoms. The fourth-order valence-electron chi connectivity index (χ4n) is 9.11. The van der Waals surface area contributed by atoms with Crippen molar-refractivity contribution in [2.45, 2.75) is 198 Å². The van der Waals surface area contributed by atoms with Crippen LogP contribution in [0.4, 0.5) is 0 Å². The van der Waals surface area contributed by atoms with E-state index in [1.54, 1.807) is 6.92 Å². The summed E-state index contributed by atoms with van der Waals surface area (Å²) in [5, 5.41) is 186. The molecular weight excluding hydrogens is 908 g/mol. The smallest absolute Gasteiger partial charge is 0.187 e. The van der Waals surface area contributed by atoms with Crippen molar-refractivity contribution in [2.75, 3.05) is 33.0 Å². The summed E-state index contributed by atoms with van der Waals surface area (Å²) in [4.78, 5) is 0. The molecule has 22 saturated heterocycles. The number of ether oxygens (including phenoxy) is 12.